The van der Waals surface area contributed by atoms with Crippen molar-refractivity contribution in [2.75, 3.05) is 0 Å². The maximum Gasteiger partial charge on any atom is 0.153 e. The van der Waals surface area contributed by atoms with E-state index < -0.39 is 6.10 Å². The van der Waals surface area contributed by atoms with Crippen LogP contribution < -0.4 is 0 Å². The molecule has 2 heterocycles. The first-order chi connectivity index (χ1) is 9.15. The van der Waals surface area contributed by atoms with E-state index in [9.17, 15) is 5.11 Å². The number of benzene rings is 1. The van der Waals surface area contributed by atoms with Crippen LogP contribution in [0.1, 0.15) is 17.4 Å². The number of para-hydroxylation sites is 1. The van der Waals surface area contributed by atoms with Gasteiger partial charge >= 0.3 is 0 Å². The van der Waals surface area contributed by atoms with Gasteiger partial charge in [0.05, 0.1) is 5.02 Å². The van der Waals surface area contributed by atoms with Gasteiger partial charge in [0.1, 0.15) is 11.9 Å². The molecule has 0 aliphatic heterocycles. The minimum absolute atomic E-state index is 0.447. The third kappa shape index (κ3) is 2.39. The van der Waals surface area contributed by atoms with Gasteiger partial charge in [-0.05, 0) is 34.1 Å². The quantitative estimate of drug-likeness (QED) is 0.756. The molecular weight excluding hydrogens is 330 g/mol. The number of aliphatic hydroxyl groups excluding tert-OH is 1. The molecule has 0 aliphatic rings. The van der Waals surface area contributed by atoms with Crippen molar-refractivity contribution in [2.45, 2.75) is 6.10 Å². The summed E-state index contributed by atoms with van der Waals surface area (Å²) in [5, 5.41) is 11.7. The molecule has 1 unspecified atom stereocenters. The Morgan fingerprint density at radius 1 is 1.26 bits per heavy atom. The Bertz CT molecular complexity index is 741. The number of furan rings is 1. The number of aromatic nitrogens is 1. The normalized spacial score (nSPS) is 12.8. The number of rotatable bonds is 2. The Hall–Kier alpha value is -1.36. The van der Waals surface area contributed by atoms with E-state index in [2.05, 4.69) is 20.9 Å². The third-order valence-electron chi connectivity index (χ3n) is 2.83. The number of fused-ring (bicyclic) bond motifs is 1. The van der Waals surface area contributed by atoms with Gasteiger partial charge in [-0.25, -0.2) is 0 Å². The molecule has 2 aromatic heterocycles. The van der Waals surface area contributed by atoms with Gasteiger partial charge < -0.3 is 9.52 Å². The van der Waals surface area contributed by atoms with Crippen molar-refractivity contribution in [3.63, 3.8) is 0 Å². The van der Waals surface area contributed by atoms with Crippen LogP contribution in [0.25, 0.3) is 11.0 Å². The number of hydrogen-bond acceptors (Lipinski definition) is 3. The monoisotopic (exact) mass is 337 g/mol. The number of hydrogen-bond donors (Lipinski definition) is 1. The third-order valence-corrected chi connectivity index (χ3v) is 3.56. The summed E-state index contributed by atoms with van der Waals surface area (Å²) in [5.74, 6) is 0.447. The molecule has 96 valence electrons. The molecule has 5 heteroatoms. The average Bonchev–Trinajstić information content (AvgIpc) is 2.83. The van der Waals surface area contributed by atoms with Crippen LogP contribution in [0.3, 0.4) is 0 Å². The van der Waals surface area contributed by atoms with Crippen LogP contribution in [0.4, 0.5) is 0 Å². The molecule has 19 heavy (non-hydrogen) atoms. The molecular formula is C14H9BrClNO2. The first-order valence-corrected chi connectivity index (χ1v) is 6.79. The van der Waals surface area contributed by atoms with Gasteiger partial charge in [0.15, 0.2) is 5.58 Å². The van der Waals surface area contributed by atoms with E-state index in [1.54, 1.807) is 30.6 Å². The van der Waals surface area contributed by atoms with Crippen molar-refractivity contribution in [1.29, 1.82) is 0 Å². The van der Waals surface area contributed by atoms with Crippen molar-refractivity contribution >= 4 is 38.5 Å². The molecule has 0 fully saturated rings. The fraction of sp³-hybridized carbons (Fsp3) is 0.0714. The summed E-state index contributed by atoms with van der Waals surface area (Å²) in [6.07, 6.45) is 2.39. The Morgan fingerprint density at radius 2 is 2.11 bits per heavy atom. The van der Waals surface area contributed by atoms with Gasteiger partial charge in [-0.2, -0.15) is 0 Å². The molecule has 0 bridgehead atoms. The smallest absolute Gasteiger partial charge is 0.153 e. The fourth-order valence-electron chi connectivity index (χ4n) is 1.92. The van der Waals surface area contributed by atoms with Crippen LogP contribution in [0, 0.1) is 0 Å². The van der Waals surface area contributed by atoms with Crippen LogP contribution in [0.5, 0.6) is 0 Å². The molecule has 0 saturated carbocycles. The van der Waals surface area contributed by atoms with Crippen molar-refractivity contribution in [3.05, 3.63) is 63.5 Å². The lowest BCUT2D eigenvalue weighted by atomic mass is 10.1. The molecule has 1 aromatic carbocycles. The van der Waals surface area contributed by atoms with E-state index in [-0.39, 0.29) is 0 Å². The van der Waals surface area contributed by atoms with Crippen molar-refractivity contribution in [1.82, 2.24) is 4.98 Å². The van der Waals surface area contributed by atoms with Gasteiger partial charge in [0.2, 0.25) is 0 Å². The van der Waals surface area contributed by atoms with Gasteiger partial charge in [-0.1, -0.05) is 23.7 Å². The fourth-order valence-corrected chi connectivity index (χ4v) is 2.53. The first-order valence-electron chi connectivity index (χ1n) is 5.61. The number of halogens is 2. The summed E-state index contributed by atoms with van der Waals surface area (Å²) in [4.78, 5) is 4.03. The Labute approximate surface area is 123 Å². The van der Waals surface area contributed by atoms with Gasteiger partial charge in [0, 0.05) is 27.8 Å². The highest BCUT2D eigenvalue weighted by atomic mass is 79.9. The Balaban J connectivity index is 2.06. The predicted molar refractivity (Wildman–Crippen MR) is 77.2 cm³/mol. The van der Waals surface area contributed by atoms with Crippen molar-refractivity contribution in [2.24, 2.45) is 0 Å². The number of pyridine rings is 1. The molecule has 3 aromatic rings. The van der Waals surface area contributed by atoms with Gasteiger partial charge in [0.25, 0.3) is 0 Å². The topological polar surface area (TPSA) is 46.3 Å². The molecule has 3 nitrogen and oxygen atoms in total. The Morgan fingerprint density at radius 3 is 2.84 bits per heavy atom. The molecule has 1 N–H and O–H groups in total. The summed E-state index contributed by atoms with van der Waals surface area (Å²) in [6, 6.07) is 9.07. The standard InChI is InChI=1S/C14H9BrClNO2/c15-10-4-9(6-17-7-10)13(18)12-5-8-2-1-3-11(16)14(8)19-12/h1-7,13,18H. The molecule has 0 saturated heterocycles. The lowest BCUT2D eigenvalue weighted by Gasteiger charge is -2.07. The molecule has 0 aliphatic carbocycles. The van der Waals surface area contributed by atoms with Crippen molar-refractivity contribution in [3.8, 4) is 0 Å². The molecule has 3 rings (SSSR count). The second-order valence-corrected chi connectivity index (χ2v) is 5.47. The Kier molecular flexibility index (Phi) is 3.31. The average molecular weight is 339 g/mol. The SMILES string of the molecule is OC(c1cncc(Br)c1)c1cc2cccc(Cl)c2o1. The first kappa shape index (κ1) is 12.7. The summed E-state index contributed by atoms with van der Waals surface area (Å²) in [7, 11) is 0. The van der Waals surface area contributed by atoms with Gasteiger partial charge in [-0.3, -0.25) is 4.98 Å². The minimum Gasteiger partial charge on any atom is -0.456 e. The zero-order valence-electron chi connectivity index (χ0n) is 9.68. The van der Waals surface area contributed by atoms with Crippen LogP contribution in [-0.2, 0) is 0 Å². The van der Waals surface area contributed by atoms with E-state index in [1.807, 2.05) is 12.1 Å². The van der Waals surface area contributed by atoms with E-state index in [0.717, 1.165) is 9.86 Å². The predicted octanol–water partition coefficient (Wildman–Crippen LogP) is 4.33. The summed E-state index contributed by atoms with van der Waals surface area (Å²) in [6.45, 7) is 0. The van der Waals surface area contributed by atoms with Crippen molar-refractivity contribution < 1.29 is 9.52 Å². The largest absolute Gasteiger partial charge is 0.456 e. The highest BCUT2D eigenvalue weighted by Gasteiger charge is 2.17. The maximum atomic E-state index is 10.3. The second kappa shape index (κ2) is 4.96. The molecule has 0 amide bonds. The molecule has 0 spiro atoms. The van der Waals surface area contributed by atoms with Gasteiger partial charge in [-0.15, -0.1) is 0 Å². The summed E-state index contributed by atoms with van der Waals surface area (Å²) in [5.41, 5.74) is 1.24. The number of aliphatic hydroxyl groups is 1. The highest BCUT2D eigenvalue weighted by Crippen LogP contribution is 2.32. The maximum absolute atomic E-state index is 10.3. The van der Waals surface area contributed by atoms with Crippen LogP contribution in [0.2, 0.25) is 5.02 Å². The highest BCUT2D eigenvalue weighted by molar-refractivity contribution is 9.10. The van der Waals surface area contributed by atoms with Crippen LogP contribution in [0.15, 0.2) is 51.6 Å². The second-order valence-electron chi connectivity index (χ2n) is 4.15. The minimum atomic E-state index is -0.867. The lowest BCUT2D eigenvalue weighted by molar-refractivity contribution is 0.192. The summed E-state index contributed by atoms with van der Waals surface area (Å²) < 4.78 is 6.43. The van der Waals surface area contributed by atoms with Crippen LogP contribution in [-0.4, -0.2) is 10.1 Å². The van der Waals surface area contributed by atoms with E-state index >= 15 is 0 Å². The number of nitrogens with zero attached hydrogens (tertiary/aromatic N) is 1. The zero-order chi connectivity index (χ0) is 13.4. The van der Waals surface area contributed by atoms with E-state index in [0.29, 0.717) is 21.9 Å². The molecule has 0 radical (unpaired) electrons. The van der Waals surface area contributed by atoms with E-state index in [4.69, 9.17) is 16.0 Å². The summed E-state index contributed by atoms with van der Waals surface area (Å²) >= 11 is 9.38. The molecule has 1 atom stereocenters. The van der Waals surface area contributed by atoms with Crippen LogP contribution >= 0.6 is 27.5 Å². The lowest BCUT2D eigenvalue weighted by Crippen LogP contribution is -1.98. The van der Waals surface area contributed by atoms with E-state index in [1.165, 1.54) is 0 Å². The zero-order valence-corrected chi connectivity index (χ0v) is 12.0.